The maximum atomic E-state index is 11.5. The van der Waals surface area contributed by atoms with Crippen LogP contribution < -0.4 is 4.74 Å². The molecule has 1 unspecified atom stereocenters. The van der Waals surface area contributed by atoms with Crippen molar-refractivity contribution in [3.8, 4) is 5.19 Å². The molecular weight excluding hydrogens is 314 g/mol. The van der Waals surface area contributed by atoms with Crippen molar-refractivity contribution >= 4 is 28.5 Å². The minimum absolute atomic E-state index is 0. The molecule has 1 atom stereocenters. The summed E-state index contributed by atoms with van der Waals surface area (Å²) in [4.78, 5) is 17.1. The second-order valence-electron chi connectivity index (χ2n) is 4.87. The average molecular weight is 335 g/mol. The summed E-state index contributed by atoms with van der Waals surface area (Å²) in [7, 11) is 3.36. The van der Waals surface area contributed by atoms with E-state index in [1.54, 1.807) is 14.1 Å². The topological polar surface area (TPSA) is 73.8 Å². The zero-order valence-electron chi connectivity index (χ0n) is 11.8. The Morgan fingerprint density at radius 3 is 2.86 bits per heavy atom. The second kappa shape index (κ2) is 7.39. The molecule has 1 aromatic rings. The molecule has 21 heavy (non-hydrogen) atoms. The van der Waals surface area contributed by atoms with Crippen molar-refractivity contribution in [2.24, 2.45) is 0 Å². The van der Waals surface area contributed by atoms with Crippen molar-refractivity contribution in [1.29, 1.82) is 0 Å². The first-order valence-corrected chi connectivity index (χ1v) is 7.62. The van der Waals surface area contributed by atoms with Gasteiger partial charge in [-0.2, -0.15) is 9.36 Å². The molecule has 0 saturated carbocycles. The molecule has 2 heterocycles. The van der Waals surface area contributed by atoms with Gasteiger partial charge in [0.15, 0.2) is 5.79 Å². The standard InChI is InChI=1S/C11H17N3O4S2.CH4/c1-11(2)17-6-7(18-11)5-16-9-12-8(13-20-9)19-10(15)14(3)4;/h7H,5-6H2,1-4H3;1H4. The van der Waals surface area contributed by atoms with E-state index in [2.05, 4.69) is 9.36 Å². The smallest absolute Gasteiger partial charge is 0.294 e. The summed E-state index contributed by atoms with van der Waals surface area (Å²) in [5.74, 6) is -0.561. The van der Waals surface area contributed by atoms with E-state index in [0.29, 0.717) is 23.6 Å². The number of thioether (sulfide) groups is 1. The van der Waals surface area contributed by atoms with Crippen molar-refractivity contribution in [2.75, 3.05) is 27.3 Å². The Morgan fingerprint density at radius 2 is 2.29 bits per heavy atom. The number of carbonyl (C=O) groups is 1. The van der Waals surface area contributed by atoms with Gasteiger partial charge in [-0.25, -0.2) is 0 Å². The van der Waals surface area contributed by atoms with Gasteiger partial charge >= 0.3 is 0 Å². The van der Waals surface area contributed by atoms with E-state index in [-0.39, 0.29) is 18.8 Å². The van der Waals surface area contributed by atoms with Crippen LogP contribution in [0.3, 0.4) is 0 Å². The summed E-state index contributed by atoms with van der Waals surface area (Å²) in [6, 6.07) is 0. The molecule has 1 fully saturated rings. The van der Waals surface area contributed by atoms with Crippen molar-refractivity contribution in [1.82, 2.24) is 14.3 Å². The Labute approximate surface area is 133 Å². The third-order valence-corrected chi connectivity index (χ3v) is 4.04. The van der Waals surface area contributed by atoms with Crippen LogP contribution in [0.2, 0.25) is 0 Å². The third kappa shape index (κ3) is 5.42. The Kier molecular flexibility index (Phi) is 6.39. The van der Waals surface area contributed by atoms with Crippen LogP contribution in [0, 0.1) is 0 Å². The van der Waals surface area contributed by atoms with Crippen LogP contribution in [0.5, 0.6) is 5.19 Å². The van der Waals surface area contributed by atoms with Gasteiger partial charge in [-0.15, -0.1) is 0 Å². The van der Waals surface area contributed by atoms with E-state index in [1.165, 1.54) is 4.90 Å². The summed E-state index contributed by atoms with van der Waals surface area (Å²) in [6.07, 6.45) is -0.117. The largest absolute Gasteiger partial charge is 0.466 e. The highest BCUT2D eigenvalue weighted by atomic mass is 32.2. The van der Waals surface area contributed by atoms with E-state index >= 15 is 0 Å². The summed E-state index contributed by atoms with van der Waals surface area (Å²) in [5.41, 5.74) is 0. The third-order valence-electron chi connectivity index (χ3n) is 2.39. The van der Waals surface area contributed by atoms with Crippen LogP contribution in [-0.2, 0) is 9.47 Å². The van der Waals surface area contributed by atoms with Gasteiger partial charge in [0.1, 0.15) is 12.7 Å². The zero-order chi connectivity index (χ0) is 14.8. The Bertz CT molecular complexity index is 479. The summed E-state index contributed by atoms with van der Waals surface area (Å²) in [5, 5.41) is 0.698. The van der Waals surface area contributed by atoms with Crippen LogP contribution in [-0.4, -0.2) is 58.7 Å². The number of hydrogen-bond acceptors (Lipinski definition) is 8. The fraction of sp³-hybridized carbons (Fsp3) is 0.750. The quantitative estimate of drug-likeness (QED) is 0.783. The monoisotopic (exact) mass is 335 g/mol. The molecule has 1 amide bonds. The van der Waals surface area contributed by atoms with Crippen LogP contribution in [0.1, 0.15) is 21.3 Å². The molecule has 0 radical (unpaired) electrons. The number of ether oxygens (including phenoxy) is 3. The molecule has 0 spiro atoms. The SMILES string of the molecule is C.CN(C)C(=O)Sc1nsc(OCC2COC(C)(C)O2)n1. The molecule has 1 aromatic heterocycles. The summed E-state index contributed by atoms with van der Waals surface area (Å²) in [6.45, 7) is 4.57. The van der Waals surface area contributed by atoms with Crippen LogP contribution in [0.25, 0.3) is 0 Å². The maximum absolute atomic E-state index is 11.5. The van der Waals surface area contributed by atoms with Gasteiger partial charge in [0.2, 0.25) is 5.16 Å². The van der Waals surface area contributed by atoms with Gasteiger partial charge in [0, 0.05) is 37.4 Å². The highest BCUT2D eigenvalue weighted by Gasteiger charge is 2.33. The molecular formula is C12H21N3O4S2. The normalized spacial score (nSPS) is 19.9. The van der Waals surface area contributed by atoms with Gasteiger partial charge in [-0.1, -0.05) is 7.43 Å². The molecule has 0 aliphatic carbocycles. The zero-order valence-corrected chi connectivity index (χ0v) is 13.4. The lowest BCUT2D eigenvalue weighted by atomic mass is 10.4. The first-order chi connectivity index (χ1) is 9.35. The Balaban J connectivity index is 0.00000220. The fourth-order valence-corrected chi connectivity index (χ4v) is 2.71. The van der Waals surface area contributed by atoms with Crippen molar-refractivity contribution in [3.05, 3.63) is 0 Å². The highest BCUT2D eigenvalue weighted by Crippen LogP contribution is 2.25. The molecule has 0 aromatic carbocycles. The van der Waals surface area contributed by atoms with E-state index < -0.39 is 5.79 Å². The average Bonchev–Trinajstić information content (AvgIpc) is 2.93. The van der Waals surface area contributed by atoms with Gasteiger partial charge in [-0.05, 0) is 13.8 Å². The number of nitrogens with zero attached hydrogens (tertiary/aromatic N) is 3. The van der Waals surface area contributed by atoms with Crippen molar-refractivity contribution < 1.29 is 19.0 Å². The highest BCUT2D eigenvalue weighted by molar-refractivity contribution is 8.13. The first-order valence-electron chi connectivity index (χ1n) is 6.03. The number of carbonyl (C=O) groups excluding carboxylic acids is 1. The summed E-state index contributed by atoms with van der Waals surface area (Å²) >= 11 is 2.08. The predicted octanol–water partition coefficient (Wildman–Crippen LogP) is 2.48. The fourth-order valence-electron chi connectivity index (χ4n) is 1.48. The minimum Gasteiger partial charge on any atom is -0.466 e. The molecule has 1 aliphatic heterocycles. The van der Waals surface area contributed by atoms with E-state index in [9.17, 15) is 4.79 Å². The molecule has 0 bridgehead atoms. The number of aromatic nitrogens is 2. The van der Waals surface area contributed by atoms with Gasteiger partial charge in [-0.3, -0.25) is 4.79 Å². The lowest BCUT2D eigenvalue weighted by molar-refractivity contribution is -0.141. The maximum Gasteiger partial charge on any atom is 0.294 e. The Morgan fingerprint density at radius 1 is 1.57 bits per heavy atom. The van der Waals surface area contributed by atoms with Crippen LogP contribution in [0.15, 0.2) is 5.16 Å². The molecule has 7 nitrogen and oxygen atoms in total. The van der Waals surface area contributed by atoms with Crippen molar-refractivity contribution in [2.45, 2.75) is 38.3 Å². The Hall–Kier alpha value is -0.900. The minimum atomic E-state index is -0.561. The second-order valence-corrected chi connectivity index (χ2v) is 6.50. The number of rotatable bonds is 4. The number of hydrogen-bond donors (Lipinski definition) is 0. The van der Waals surface area contributed by atoms with E-state index in [0.717, 1.165) is 23.3 Å². The van der Waals surface area contributed by atoms with Crippen molar-refractivity contribution in [3.63, 3.8) is 0 Å². The molecule has 1 aliphatic rings. The van der Waals surface area contributed by atoms with E-state index in [1.807, 2.05) is 13.8 Å². The lowest BCUT2D eigenvalue weighted by Crippen LogP contribution is -2.25. The van der Waals surface area contributed by atoms with E-state index in [4.69, 9.17) is 14.2 Å². The molecule has 9 heteroatoms. The van der Waals surface area contributed by atoms with Gasteiger partial charge in [0.25, 0.3) is 10.4 Å². The van der Waals surface area contributed by atoms with Gasteiger partial charge in [0.05, 0.1) is 6.61 Å². The molecule has 0 N–H and O–H groups in total. The van der Waals surface area contributed by atoms with Crippen LogP contribution >= 0.6 is 23.3 Å². The van der Waals surface area contributed by atoms with Gasteiger partial charge < -0.3 is 19.1 Å². The predicted molar refractivity (Wildman–Crippen MR) is 82.0 cm³/mol. The first kappa shape index (κ1) is 18.1. The lowest BCUT2D eigenvalue weighted by Gasteiger charge is -2.16. The number of amides is 1. The van der Waals surface area contributed by atoms with Crippen LogP contribution in [0.4, 0.5) is 4.79 Å². The molecule has 120 valence electrons. The summed E-state index contributed by atoms with van der Waals surface area (Å²) < 4.78 is 20.6. The molecule has 2 rings (SSSR count). The molecule has 1 saturated heterocycles.